The van der Waals surface area contributed by atoms with Crippen LogP contribution >= 0.6 is 11.3 Å². The van der Waals surface area contributed by atoms with E-state index in [1.165, 1.54) is 0 Å². The molecule has 0 unspecified atom stereocenters. The van der Waals surface area contributed by atoms with Crippen molar-refractivity contribution in [2.75, 3.05) is 36.9 Å². The minimum Gasteiger partial charge on any atom is -0.477 e. The molecular formula is C17H21N3O4S. The molecule has 0 aliphatic carbocycles. The molecule has 25 heavy (non-hydrogen) atoms. The third-order valence-electron chi connectivity index (χ3n) is 4.78. The van der Waals surface area contributed by atoms with E-state index in [9.17, 15) is 9.90 Å². The summed E-state index contributed by atoms with van der Waals surface area (Å²) in [5.41, 5.74) is 8.30. The maximum absolute atomic E-state index is 11.5. The van der Waals surface area contributed by atoms with E-state index in [0.29, 0.717) is 36.8 Å². The van der Waals surface area contributed by atoms with E-state index in [2.05, 4.69) is 4.90 Å². The third-order valence-corrected chi connectivity index (χ3v) is 5.87. The van der Waals surface area contributed by atoms with Gasteiger partial charge < -0.3 is 25.2 Å². The fraction of sp³-hybridized carbons (Fsp3) is 0.529. The topological polar surface area (TPSA) is 97.9 Å². The summed E-state index contributed by atoms with van der Waals surface area (Å²) in [6, 6.07) is 0. The van der Waals surface area contributed by atoms with Gasteiger partial charge in [0.1, 0.15) is 15.5 Å². The number of pyridine rings is 1. The Morgan fingerprint density at radius 1 is 1.32 bits per heavy atom. The molecule has 0 saturated carbocycles. The number of aromatic nitrogens is 1. The van der Waals surface area contributed by atoms with Crippen molar-refractivity contribution in [3.63, 3.8) is 0 Å². The first kappa shape index (κ1) is 16.6. The summed E-state index contributed by atoms with van der Waals surface area (Å²) in [5.74, 6) is -0.131. The molecule has 2 aliphatic heterocycles. The van der Waals surface area contributed by atoms with Crippen molar-refractivity contribution >= 4 is 39.0 Å². The van der Waals surface area contributed by atoms with Crippen LogP contribution in [0.2, 0.25) is 0 Å². The molecular weight excluding hydrogens is 342 g/mol. The number of morpholine rings is 1. The molecule has 2 aromatic rings. The zero-order valence-electron chi connectivity index (χ0n) is 14.3. The van der Waals surface area contributed by atoms with Gasteiger partial charge in [-0.15, -0.1) is 11.3 Å². The Hall–Kier alpha value is -1.90. The highest BCUT2D eigenvalue weighted by Crippen LogP contribution is 2.43. The van der Waals surface area contributed by atoms with E-state index in [0.717, 1.165) is 46.8 Å². The van der Waals surface area contributed by atoms with Crippen LogP contribution in [0.1, 0.15) is 34.6 Å². The van der Waals surface area contributed by atoms with Gasteiger partial charge in [0, 0.05) is 30.5 Å². The van der Waals surface area contributed by atoms with Gasteiger partial charge in [-0.2, -0.15) is 0 Å². The number of hydrogen-bond acceptors (Lipinski definition) is 7. The van der Waals surface area contributed by atoms with Crippen LogP contribution in [-0.2, 0) is 22.5 Å². The number of carbonyl (C=O) groups is 1. The van der Waals surface area contributed by atoms with Crippen LogP contribution in [0, 0.1) is 0 Å². The largest absolute Gasteiger partial charge is 0.477 e. The highest BCUT2D eigenvalue weighted by Gasteiger charge is 2.33. The maximum atomic E-state index is 11.5. The van der Waals surface area contributed by atoms with Crippen LogP contribution in [0.5, 0.6) is 0 Å². The number of thiophene rings is 1. The Kier molecular flexibility index (Phi) is 3.86. The molecule has 134 valence electrons. The molecule has 2 aliphatic rings. The molecule has 0 spiro atoms. The summed E-state index contributed by atoms with van der Waals surface area (Å²) in [5, 5.41) is 10.2. The Morgan fingerprint density at radius 2 is 2.04 bits per heavy atom. The van der Waals surface area contributed by atoms with Crippen LogP contribution in [0.25, 0.3) is 10.2 Å². The number of aromatic carboxylic acids is 1. The van der Waals surface area contributed by atoms with Crippen molar-refractivity contribution in [1.29, 1.82) is 0 Å². The number of nitrogens with zero attached hydrogens (tertiary/aromatic N) is 2. The van der Waals surface area contributed by atoms with E-state index >= 15 is 0 Å². The lowest BCUT2D eigenvalue weighted by molar-refractivity contribution is -0.0396. The number of hydrogen-bond donors (Lipinski definition) is 2. The minimum atomic E-state index is -1.01. The summed E-state index contributed by atoms with van der Waals surface area (Å²) in [4.78, 5) is 19.4. The van der Waals surface area contributed by atoms with Gasteiger partial charge in [0.15, 0.2) is 0 Å². The zero-order chi connectivity index (χ0) is 17.8. The van der Waals surface area contributed by atoms with Gasteiger partial charge in [-0.05, 0) is 19.4 Å². The molecule has 7 nitrogen and oxygen atoms in total. The number of carboxylic acids is 1. The van der Waals surface area contributed by atoms with Crippen molar-refractivity contribution in [2.24, 2.45) is 0 Å². The van der Waals surface area contributed by atoms with Gasteiger partial charge in [0.05, 0.1) is 31.1 Å². The van der Waals surface area contributed by atoms with Crippen LogP contribution in [0.4, 0.5) is 11.5 Å². The number of rotatable bonds is 2. The van der Waals surface area contributed by atoms with Gasteiger partial charge in [-0.3, -0.25) is 0 Å². The lowest BCUT2D eigenvalue weighted by atomic mass is 9.89. The first-order valence-electron chi connectivity index (χ1n) is 8.31. The van der Waals surface area contributed by atoms with Crippen molar-refractivity contribution in [3.05, 3.63) is 16.0 Å². The standard InChI is InChI=1S/C17H21N3O4S/c1-17(2)7-9-10(8-24-17)14(20-3-5-23-6-4-20)19-15-11(9)12(18)13(25-15)16(21)22/h3-8,18H2,1-2H3,(H,21,22). The predicted molar refractivity (Wildman–Crippen MR) is 96.6 cm³/mol. The van der Waals surface area contributed by atoms with Crippen LogP contribution < -0.4 is 10.6 Å². The molecule has 8 heteroatoms. The van der Waals surface area contributed by atoms with Crippen LogP contribution in [-0.4, -0.2) is 48.0 Å². The fourth-order valence-electron chi connectivity index (χ4n) is 3.54. The molecule has 0 atom stereocenters. The molecule has 2 aromatic heterocycles. The summed E-state index contributed by atoms with van der Waals surface area (Å²) < 4.78 is 11.5. The second-order valence-electron chi connectivity index (χ2n) is 7.05. The fourth-order valence-corrected chi connectivity index (χ4v) is 4.50. The van der Waals surface area contributed by atoms with E-state index in [1.54, 1.807) is 0 Å². The molecule has 3 N–H and O–H groups in total. The maximum Gasteiger partial charge on any atom is 0.348 e. The summed E-state index contributed by atoms with van der Waals surface area (Å²) in [7, 11) is 0. The van der Waals surface area contributed by atoms with Gasteiger partial charge in [0.25, 0.3) is 0 Å². The lowest BCUT2D eigenvalue weighted by Crippen LogP contribution is -2.39. The number of ether oxygens (including phenoxy) is 2. The highest BCUT2D eigenvalue weighted by molar-refractivity contribution is 7.21. The average molecular weight is 363 g/mol. The first-order valence-corrected chi connectivity index (χ1v) is 9.13. The van der Waals surface area contributed by atoms with Gasteiger partial charge in [0.2, 0.25) is 0 Å². The second-order valence-corrected chi connectivity index (χ2v) is 8.05. The number of carboxylic acid groups (broad SMARTS) is 1. The molecule has 1 saturated heterocycles. The van der Waals surface area contributed by atoms with E-state index < -0.39 is 5.97 Å². The molecule has 0 amide bonds. The van der Waals surface area contributed by atoms with E-state index in [1.807, 2.05) is 13.8 Å². The van der Waals surface area contributed by atoms with Gasteiger partial charge in [-0.25, -0.2) is 9.78 Å². The van der Waals surface area contributed by atoms with Crippen molar-refractivity contribution in [1.82, 2.24) is 4.98 Å². The zero-order valence-corrected chi connectivity index (χ0v) is 15.1. The molecule has 0 bridgehead atoms. The molecule has 0 aromatic carbocycles. The smallest absolute Gasteiger partial charge is 0.348 e. The summed E-state index contributed by atoms with van der Waals surface area (Å²) in [6.45, 7) is 7.38. The number of fused-ring (bicyclic) bond motifs is 3. The predicted octanol–water partition coefficient (Wildman–Crippen LogP) is 2.26. The van der Waals surface area contributed by atoms with Crippen LogP contribution in [0.15, 0.2) is 0 Å². The SMILES string of the molecule is CC1(C)Cc2c(c(N3CCOCC3)nc3sc(C(=O)O)c(N)c23)CO1. The third kappa shape index (κ3) is 2.74. The normalized spacial score (nSPS) is 19.8. The quantitative estimate of drug-likeness (QED) is 0.844. The lowest BCUT2D eigenvalue weighted by Gasteiger charge is -2.36. The van der Waals surface area contributed by atoms with Crippen molar-refractivity contribution in [3.8, 4) is 0 Å². The minimum absolute atomic E-state index is 0.160. The first-order chi connectivity index (χ1) is 11.9. The Morgan fingerprint density at radius 3 is 2.72 bits per heavy atom. The molecule has 0 radical (unpaired) electrons. The average Bonchev–Trinajstić information content (AvgIpc) is 2.91. The Balaban J connectivity index is 1.96. The Labute approximate surface area is 149 Å². The molecule has 4 heterocycles. The summed E-state index contributed by atoms with van der Waals surface area (Å²) in [6.07, 6.45) is 0.679. The van der Waals surface area contributed by atoms with E-state index in [-0.39, 0.29) is 10.5 Å². The van der Waals surface area contributed by atoms with Crippen molar-refractivity contribution < 1.29 is 19.4 Å². The van der Waals surface area contributed by atoms with Gasteiger partial charge in [-0.1, -0.05) is 0 Å². The molecule has 1 fully saturated rings. The number of anilines is 2. The summed E-state index contributed by atoms with van der Waals surface area (Å²) >= 11 is 1.15. The highest BCUT2D eigenvalue weighted by atomic mass is 32.1. The van der Waals surface area contributed by atoms with Crippen LogP contribution in [0.3, 0.4) is 0 Å². The monoisotopic (exact) mass is 363 g/mol. The number of nitrogen functional groups attached to an aromatic ring is 1. The van der Waals surface area contributed by atoms with E-state index in [4.69, 9.17) is 20.2 Å². The second kappa shape index (κ2) is 5.82. The van der Waals surface area contributed by atoms with Gasteiger partial charge >= 0.3 is 5.97 Å². The molecule has 4 rings (SSSR count). The number of nitrogens with two attached hydrogens (primary N) is 1. The van der Waals surface area contributed by atoms with Crippen molar-refractivity contribution in [2.45, 2.75) is 32.5 Å². The Bertz CT molecular complexity index is 855.